The van der Waals surface area contributed by atoms with Crippen molar-refractivity contribution in [3.8, 4) is 6.07 Å². The van der Waals surface area contributed by atoms with Crippen LogP contribution in [0.5, 0.6) is 0 Å². The summed E-state index contributed by atoms with van der Waals surface area (Å²) in [6, 6.07) is 9.54. The molecule has 0 radical (unpaired) electrons. The van der Waals surface area contributed by atoms with Gasteiger partial charge in [0.25, 0.3) is 0 Å². The van der Waals surface area contributed by atoms with Gasteiger partial charge >= 0.3 is 6.09 Å². The van der Waals surface area contributed by atoms with Gasteiger partial charge in [0.2, 0.25) is 11.8 Å². The lowest BCUT2D eigenvalue weighted by Gasteiger charge is -2.26. The van der Waals surface area contributed by atoms with Gasteiger partial charge in [-0.25, -0.2) is 4.79 Å². The summed E-state index contributed by atoms with van der Waals surface area (Å²) in [6.45, 7) is 2.19. The van der Waals surface area contributed by atoms with Gasteiger partial charge in [-0.2, -0.15) is 5.26 Å². The second kappa shape index (κ2) is 9.57. The number of hydrogen-bond acceptors (Lipinski definition) is 5. The molecule has 0 bridgehead atoms. The van der Waals surface area contributed by atoms with Crippen LogP contribution in [0.15, 0.2) is 30.3 Å². The van der Waals surface area contributed by atoms with Gasteiger partial charge in [0.15, 0.2) is 0 Å². The van der Waals surface area contributed by atoms with Gasteiger partial charge < -0.3 is 15.8 Å². The predicted molar refractivity (Wildman–Crippen MR) is 96.9 cm³/mol. The lowest BCUT2D eigenvalue weighted by Crippen LogP contribution is -2.54. The minimum Gasteiger partial charge on any atom is -0.445 e. The lowest BCUT2D eigenvalue weighted by molar-refractivity contribution is -0.130. The van der Waals surface area contributed by atoms with Crippen molar-refractivity contribution in [2.24, 2.45) is 11.7 Å². The number of ether oxygens (including phenoxy) is 1. The normalized spacial score (nSPS) is 18.2. The minimum absolute atomic E-state index is 0.0847. The standard InChI is InChI=1S/C19H24N4O4/c1-13(9-10-20)16(17(21)24)22-18(25)15-8-5-11-23(15)19(26)27-12-14-6-3-2-4-7-14/h2-4,6-7,13,15-16H,5,8-9,11-12H2,1H3,(H2,21,24)(H,22,25)/t13-,15-,16+/m1/s1. The zero-order valence-electron chi connectivity index (χ0n) is 15.3. The van der Waals surface area contributed by atoms with Crippen LogP contribution in [0, 0.1) is 17.2 Å². The van der Waals surface area contributed by atoms with E-state index in [0.717, 1.165) is 5.56 Å². The summed E-state index contributed by atoms with van der Waals surface area (Å²) < 4.78 is 5.30. The van der Waals surface area contributed by atoms with Crippen molar-refractivity contribution >= 4 is 17.9 Å². The van der Waals surface area contributed by atoms with Crippen molar-refractivity contribution in [2.45, 2.75) is 44.9 Å². The largest absolute Gasteiger partial charge is 0.445 e. The molecule has 3 amide bonds. The molecule has 8 heteroatoms. The molecule has 0 aromatic heterocycles. The third-order valence-electron chi connectivity index (χ3n) is 4.58. The number of hydrogen-bond donors (Lipinski definition) is 2. The highest BCUT2D eigenvalue weighted by Crippen LogP contribution is 2.20. The maximum atomic E-state index is 12.6. The molecule has 27 heavy (non-hydrogen) atoms. The summed E-state index contributed by atoms with van der Waals surface area (Å²) in [7, 11) is 0. The van der Waals surface area contributed by atoms with Gasteiger partial charge in [-0.3, -0.25) is 14.5 Å². The highest BCUT2D eigenvalue weighted by atomic mass is 16.6. The topological polar surface area (TPSA) is 126 Å². The van der Waals surface area contributed by atoms with Crippen molar-refractivity contribution in [1.82, 2.24) is 10.2 Å². The molecule has 0 aliphatic carbocycles. The summed E-state index contributed by atoms with van der Waals surface area (Å²) in [4.78, 5) is 38.0. The van der Waals surface area contributed by atoms with Crippen molar-refractivity contribution in [1.29, 1.82) is 5.26 Å². The molecular weight excluding hydrogens is 348 g/mol. The fourth-order valence-electron chi connectivity index (χ4n) is 3.07. The van der Waals surface area contributed by atoms with Crippen LogP contribution in [-0.2, 0) is 20.9 Å². The van der Waals surface area contributed by atoms with Crippen LogP contribution in [0.3, 0.4) is 0 Å². The van der Waals surface area contributed by atoms with Crippen LogP contribution in [0.1, 0.15) is 31.7 Å². The Labute approximate surface area is 158 Å². The highest BCUT2D eigenvalue weighted by Gasteiger charge is 2.37. The zero-order valence-corrected chi connectivity index (χ0v) is 15.3. The number of amides is 3. The molecular formula is C19H24N4O4. The molecule has 0 saturated carbocycles. The molecule has 1 fully saturated rings. The first-order valence-corrected chi connectivity index (χ1v) is 8.88. The predicted octanol–water partition coefficient (Wildman–Crippen LogP) is 1.31. The quantitative estimate of drug-likeness (QED) is 0.746. The Morgan fingerprint density at radius 1 is 1.37 bits per heavy atom. The Hall–Kier alpha value is -3.08. The Bertz CT molecular complexity index is 716. The van der Waals surface area contributed by atoms with Crippen molar-refractivity contribution in [2.75, 3.05) is 6.54 Å². The lowest BCUT2D eigenvalue weighted by atomic mass is 9.98. The first-order chi connectivity index (χ1) is 12.9. The Balaban J connectivity index is 1.97. The number of carbonyl (C=O) groups is 3. The Morgan fingerprint density at radius 2 is 2.07 bits per heavy atom. The molecule has 1 heterocycles. The van der Waals surface area contributed by atoms with Gasteiger partial charge in [-0.1, -0.05) is 37.3 Å². The van der Waals surface area contributed by atoms with E-state index in [2.05, 4.69) is 5.32 Å². The fourth-order valence-corrected chi connectivity index (χ4v) is 3.07. The smallest absolute Gasteiger partial charge is 0.410 e. The molecule has 1 saturated heterocycles. The zero-order chi connectivity index (χ0) is 19.8. The van der Waals surface area contributed by atoms with Crippen molar-refractivity contribution < 1.29 is 19.1 Å². The molecule has 3 atom stereocenters. The van der Waals surface area contributed by atoms with Crippen LogP contribution >= 0.6 is 0 Å². The number of likely N-dealkylation sites (tertiary alicyclic amines) is 1. The molecule has 1 aromatic carbocycles. The van der Waals surface area contributed by atoms with Crippen molar-refractivity contribution in [3.05, 3.63) is 35.9 Å². The number of rotatable bonds is 7. The maximum absolute atomic E-state index is 12.6. The molecule has 2 rings (SSSR count). The van der Waals surface area contributed by atoms with Crippen LogP contribution in [0.2, 0.25) is 0 Å². The monoisotopic (exact) mass is 372 g/mol. The van der Waals surface area contributed by atoms with Gasteiger partial charge in [-0.05, 0) is 24.3 Å². The van der Waals surface area contributed by atoms with Gasteiger partial charge in [0, 0.05) is 13.0 Å². The molecule has 8 nitrogen and oxygen atoms in total. The Morgan fingerprint density at radius 3 is 2.70 bits per heavy atom. The van der Waals surface area contributed by atoms with E-state index < -0.39 is 35.9 Å². The molecule has 1 aliphatic heterocycles. The number of carbonyl (C=O) groups excluding carboxylic acids is 3. The number of primary amides is 1. The number of benzene rings is 1. The van der Waals surface area contributed by atoms with E-state index >= 15 is 0 Å². The number of nitrogens with zero attached hydrogens (tertiary/aromatic N) is 2. The summed E-state index contributed by atoms with van der Waals surface area (Å²) in [6.07, 6.45) is 0.649. The van der Waals surface area contributed by atoms with Crippen LogP contribution < -0.4 is 11.1 Å². The molecule has 144 valence electrons. The van der Waals surface area contributed by atoms with E-state index in [-0.39, 0.29) is 13.0 Å². The molecule has 0 unspecified atom stereocenters. The number of nitriles is 1. The minimum atomic E-state index is -0.958. The van der Waals surface area contributed by atoms with Gasteiger partial charge in [0.1, 0.15) is 18.7 Å². The molecule has 0 spiro atoms. The maximum Gasteiger partial charge on any atom is 0.410 e. The summed E-state index contributed by atoms with van der Waals surface area (Å²) in [5.74, 6) is -1.59. The van der Waals surface area contributed by atoms with E-state index in [1.165, 1.54) is 4.90 Å². The summed E-state index contributed by atoms with van der Waals surface area (Å²) in [5, 5.41) is 11.4. The van der Waals surface area contributed by atoms with E-state index in [1.54, 1.807) is 6.92 Å². The molecule has 3 N–H and O–H groups in total. The van der Waals surface area contributed by atoms with Crippen LogP contribution in [0.4, 0.5) is 4.79 Å². The number of nitrogens with one attached hydrogen (secondary N) is 1. The average Bonchev–Trinajstić information content (AvgIpc) is 3.14. The third kappa shape index (κ3) is 5.45. The van der Waals surface area contributed by atoms with Crippen molar-refractivity contribution in [3.63, 3.8) is 0 Å². The van der Waals surface area contributed by atoms with E-state index in [9.17, 15) is 14.4 Å². The van der Waals surface area contributed by atoms with E-state index in [0.29, 0.717) is 19.4 Å². The second-order valence-electron chi connectivity index (χ2n) is 6.62. The first-order valence-electron chi connectivity index (χ1n) is 8.88. The molecule has 1 aliphatic rings. The van der Waals surface area contributed by atoms with Gasteiger partial charge in [0.05, 0.1) is 6.07 Å². The van der Waals surface area contributed by atoms with Crippen LogP contribution in [0.25, 0.3) is 0 Å². The average molecular weight is 372 g/mol. The van der Waals surface area contributed by atoms with Crippen LogP contribution in [-0.4, -0.2) is 41.4 Å². The molecule has 1 aromatic rings. The third-order valence-corrected chi connectivity index (χ3v) is 4.58. The Kier molecular flexibility index (Phi) is 7.17. The highest BCUT2D eigenvalue weighted by molar-refractivity contribution is 5.91. The van der Waals surface area contributed by atoms with E-state index in [4.69, 9.17) is 15.7 Å². The second-order valence-corrected chi connectivity index (χ2v) is 6.62. The SMILES string of the molecule is C[C@H](CC#N)[C@H](NC(=O)[C@H]1CCCN1C(=O)OCc1ccccc1)C(N)=O. The van der Waals surface area contributed by atoms with Gasteiger partial charge in [-0.15, -0.1) is 0 Å². The van der Waals surface area contributed by atoms with E-state index in [1.807, 2.05) is 36.4 Å². The first kappa shape index (κ1) is 20.2. The fraction of sp³-hybridized carbons (Fsp3) is 0.474. The number of nitrogens with two attached hydrogens (primary N) is 1. The summed E-state index contributed by atoms with van der Waals surface area (Å²) in [5.41, 5.74) is 6.21. The summed E-state index contributed by atoms with van der Waals surface area (Å²) >= 11 is 0.